The average Bonchev–Trinajstić information content (AvgIpc) is 2.23. The van der Waals surface area contributed by atoms with Crippen molar-refractivity contribution in [3.8, 4) is 0 Å². The Labute approximate surface area is 144 Å². The van der Waals surface area contributed by atoms with Crippen molar-refractivity contribution < 1.29 is 4.79 Å². The summed E-state index contributed by atoms with van der Waals surface area (Å²) in [6, 6.07) is 0. The number of carbonyl (C=O) groups excluding carboxylic acids is 1. The van der Waals surface area contributed by atoms with Crippen molar-refractivity contribution in [3.05, 3.63) is 0 Å². The molecular weight excluding hydrogens is 288 g/mol. The van der Waals surface area contributed by atoms with Gasteiger partial charge in [0, 0.05) is 11.2 Å². The third kappa shape index (κ3) is 11.6. The Kier molecular flexibility index (Phi) is 9.36. The molecule has 1 nitrogen and oxygen atoms in total. The predicted molar refractivity (Wildman–Crippen MR) is 103 cm³/mol. The predicted octanol–water partition coefficient (Wildman–Crippen LogP) is 6.89. The zero-order valence-corrected chi connectivity index (χ0v) is 17.3. The molecule has 0 aliphatic carbocycles. The summed E-state index contributed by atoms with van der Waals surface area (Å²) in [4.78, 5) is 11.3. The molecular formula is C20H40OS. The van der Waals surface area contributed by atoms with Crippen LogP contribution in [0.3, 0.4) is 0 Å². The Morgan fingerprint density at radius 2 is 1.45 bits per heavy atom. The van der Waals surface area contributed by atoms with E-state index in [-0.39, 0.29) is 4.75 Å². The molecule has 2 heteroatoms. The summed E-state index contributed by atoms with van der Waals surface area (Å²) in [6.45, 7) is 18.1. The van der Waals surface area contributed by atoms with Crippen LogP contribution >= 0.6 is 11.8 Å². The van der Waals surface area contributed by atoms with Crippen molar-refractivity contribution in [1.82, 2.24) is 0 Å². The van der Waals surface area contributed by atoms with Gasteiger partial charge in [-0.2, -0.15) is 11.8 Å². The number of hydrogen-bond acceptors (Lipinski definition) is 2. The number of ketones is 1. The highest BCUT2D eigenvalue weighted by atomic mass is 32.2. The number of carbonyl (C=O) groups is 1. The molecule has 0 aromatic carbocycles. The SMILES string of the molecule is CCCC(C)(C)CC(C)(C)CCCCSC(C)(C)CC(C)=O. The van der Waals surface area contributed by atoms with Crippen LogP contribution in [0.15, 0.2) is 0 Å². The topological polar surface area (TPSA) is 17.1 Å². The minimum atomic E-state index is 0.102. The van der Waals surface area contributed by atoms with E-state index in [1.807, 2.05) is 11.8 Å². The Morgan fingerprint density at radius 1 is 0.909 bits per heavy atom. The molecule has 0 aromatic heterocycles. The first-order valence-corrected chi connectivity index (χ1v) is 10.0. The first-order valence-electron chi connectivity index (χ1n) is 9.03. The summed E-state index contributed by atoms with van der Waals surface area (Å²) in [7, 11) is 0. The molecule has 0 rings (SSSR count). The Bertz CT molecular complexity index is 329. The molecule has 132 valence electrons. The maximum atomic E-state index is 11.3. The van der Waals surface area contributed by atoms with Crippen LogP contribution in [0.2, 0.25) is 0 Å². The van der Waals surface area contributed by atoms with Gasteiger partial charge in [0.05, 0.1) is 0 Å². The van der Waals surface area contributed by atoms with Gasteiger partial charge in [-0.3, -0.25) is 4.79 Å². The number of Topliss-reactive ketones (excluding diaryl/α,β-unsaturated/α-hetero) is 1. The summed E-state index contributed by atoms with van der Waals surface area (Å²) in [6.07, 6.45) is 8.50. The highest BCUT2D eigenvalue weighted by Gasteiger charge is 2.27. The van der Waals surface area contributed by atoms with E-state index in [2.05, 4.69) is 48.5 Å². The number of thioether (sulfide) groups is 1. The summed E-state index contributed by atoms with van der Waals surface area (Å²) in [5.74, 6) is 1.48. The summed E-state index contributed by atoms with van der Waals surface area (Å²) in [5, 5.41) is 0. The maximum Gasteiger partial charge on any atom is 0.131 e. The van der Waals surface area contributed by atoms with Crippen LogP contribution in [0.4, 0.5) is 0 Å². The molecule has 0 heterocycles. The molecule has 0 unspecified atom stereocenters. The van der Waals surface area contributed by atoms with Crippen molar-refractivity contribution >= 4 is 17.5 Å². The minimum absolute atomic E-state index is 0.102. The molecule has 0 amide bonds. The third-order valence-corrected chi connectivity index (χ3v) is 5.72. The van der Waals surface area contributed by atoms with E-state index in [9.17, 15) is 4.79 Å². The lowest BCUT2D eigenvalue weighted by Gasteiger charge is -2.35. The van der Waals surface area contributed by atoms with Gasteiger partial charge in [0.15, 0.2) is 0 Å². The monoisotopic (exact) mass is 328 g/mol. The van der Waals surface area contributed by atoms with Crippen LogP contribution in [0.1, 0.15) is 100 Å². The van der Waals surface area contributed by atoms with Crippen LogP contribution < -0.4 is 0 Å². The van der Waals surface area contributed by atoms with Gasteiger partial charge in [-0.05, 0) is 49.2 Å². The lowest BCUT2D eigenvalue weighted by Crippen LogP contribution is -2.23. The molecule has 0 bridgehead atoms. The third-order valence-electron chi connectivity index (χ3n) is 4.30. The maximum absolute atomic E-state index is 11.3. The van der Waals surface area contributed by atoms with E-state index in [1.165, 1.54) is 44.3 Å². The fourth-order valence-electron chi connectivity index (χ4n) is 3.85. The summed E-state index contributed by atoms with van der Waals surface area (Å²) < 4.78 is 0.102. The summed E-state index contributed by atoms with van der Waals surface area (Å²) in [5.41, 5.74) is 0.911. The van der Waals surface area contributed by atoms with E-state index in [0.717, 1.165) is 0 Å². The fraction of sp³-hybridized carbons (Fsp3) is 0.950. The zero-order valence-electron chi connectivity index (χ0n) is 16.5. The van der Waals surface area contributed by atoms with Crippen LogP contribution in [-0.2, 0) is 4.79 Å². The lowest BCUT2D eigenvalue weighted by molar-refractivity contribution is -0.117. The van der Waals surface area contributed by atoms with Crippen molar-refractivity contribution in [2.45, 2.75) is 105 Å². The first-order chi connectivity index (χ1) is 9.89. The zero-order chi connectivity index (χ0) is 17.4. The molecule has 0 saturated heterocycles. The van der Waals surface area contributed by atoms with Crippen molar-refractivity contribution in [3.63, 3.8) is 0 Å². The molecule has 0 radical (unpaired) electrons. The van der Waals surface area contributed by atoms with Gasteiger partial charge >= 0.3 is 0 Å². The molecule has 0 atom stereocenters. The van der Waals surface area contributed by atoms with Crippen LogP contribution in [0, 0.1) is 10.8 Å². The van der Waals surface area contributed by atoms with Gasteiger partial charge in [0.25, 0.3) is 0 Å². The van der Waals surface area contributed by atoms with Crippen molar-refractivity contribution in [1.29, 1.82) is 0 Å². The number of unbranched alkanes of at least 4 members (excludes halogenated alkanes) is 1. The van der Waals surface area contributed by atoms with Crippen LogP contribution in [-0.4, -0.2) is 16.3 Å². The largest absolute Gasteiger partial charge is 0.300 e. The standard InChI is InChI=1S/C20H40OS/c1-9-12-18(3,4)16-19(5,6)13-10-11-14-22-20(7,8)15-17(2)21/h9-16H2,1-8H3. The van der Waals surface area contributed by atoms with E-state index in [4.69, 9.17) is 0 Å². The lowest BCUT2D eigenvalue weighted by atomic mass is 9.71. The van der Waals surface area contributed by atoms with Crippen LogP contribution in [0.5, 0.6) is 0 Å². The Hall–Kier alpha value is 0.0200. The molecule has 0 aliphatic rings. The second-order valence-corrected chi connectivity index (χ2v) is 11.0. The molecule has 0 N–H and O–H groups in total. The second-order valence-electron chi connectivity index (χ2n) is 9.20. The van der Waals surface area contributed by atoms with Gasteiger partial charge in [-0.15, -0.1) is 0 Å². The Balaban J connectivity index is 4.02. The fourth-order valence-corrected chi connectivity index (χ4v) is 5.06. The second kappa shape index (κ2) is 9.35. The van der Waals surface area contributed by atoms with Gasteiger partial charge < -0.3 is 0 Å². The smallest absolute Gasteiger partial charge is 0.131 e. The highest BCUT2D eigenvalue weighted by molar-refractivity contribution is 8.00. The average molecular weight is 329 g/mol. The van der Waals surface area contributed by atoms with E-state index in [0.29, 0.717) is 23.0 Å². The van der Waals surface area contributed by atoms with E-state index < -0.39 is 0 Å². The first kappa shape index (κ1) is 22.0. The quantitative estimate of drug-likeness (QED) is 0.363. The molecule has 0 saturated carbocycles. The molecule has 22 heavy (non-hydrogen) atoms. The van der Waals surface area contributed by atoms with Gasteiger partial charge in [0.2, 0.25) is 0 Å². The van der Waals surface area contributed by atoms with E-state index >= 15 is 0 Å². The van der Waals surface area contributed by atoms with E-state index in [1.54, 1.807) is 6.92 Å². The number of rotatable bonds is 12. The Morgan fingerprint density at radius 3 is 1.95 bits per heavy atom. The van der Waals surface area contributed by atoms with Gasteiger partial charge in [-0.25, -0.2) is 0 Å². The summed E-state index contributed by atoms with van der Waals surface area (Å²) >= 11 is 1.96. The number of hydrogen-bond donors (Lipinski definition) is 0. The van der Waals surface area contributed by atoms with Crippen molar-refractivity contribution in [2.75, 3.05) is 5.75 Å². The van der Waals surface area contributed by atoms with Gasteiger partial charge in [-0.1, -0.05) is 61.3 Å². The molecule has 0 aromatic rings. The molecule has 0 spiro atoms. The minimum Gasteiger partial charge on any atom is -0.300 e. The van der Waals surface area contributed by atoms with Crippen molar-refractivity contribution in [2.24, 2.45) is 10.8 Å². The van der Waals surface area contributed by atoms with Gasteiger partial charge in [0.1, 0.15) is 5.78 Å². The molecule has 0 aliphatic heterocycles. The van der Waals surface area contributed by atoms with Crippen LogP contribution in [0.25, 0.3) is 0 Å². The molecule has 0 fully saturated rings. The normalized spacial score (nSPS) is 13.5. The highest BCUT2D eigenvalue weighted by Crippen LogP contribution is 2.40.